The number of hydrogen-bond donors (Lipinski definition) is 1. The van der Waals surface area contributed by atoms with Crippen LogP contribution in [0.3, 0.4) is 0 Å². The highest BCUT2D eigenvalue weighted by atomic mass is 32.1. The first kappa shape index (κ1) is 9.93. The Kier molecular flexibility index (Phi) is 2.46. The first-order chi connectivity index (χ1) is 7.83. The number of thiazole rings is 1. The Bertz CT molecular complexity index is 498. The van der Waals surface area contributed by atoms with E-state index >= 15 is 0 Å². The van der Waals surface area contributed by atoms with Gasteiger partial charge in [0.25, 0.3) is 0 Å². The minimum Gasteiger partial charge on any atom is -0.311 e. The molecule has 82 valence electrons. The van der Waals surface area contributed by atoms with Crippen LogP contribution in [0.15, 0.2) is 24.3 Å². The molecule has 1 aromatic carbocycles. The lowest BCUT2D eigenvalue weighted by atomic mass is 10.2. The normalized spacial score (nSPS) is 14.8. The smallest absolute Gasteiger partial charge is 0.124 e. The second kappa shape index (κ2) is 3.96. The summed E-state index contributed by atoms with van der Waals surface area (Å²) in [7, 11) is 0. The topological polar surface area (TPSA) is 24.9 Å². The van der Waals surface area contributed by atoms with E-state index in [0.717, 1.165) is 30.1 Å². The van der Waals surface area contributed by atoms with Crippen LogP contribution < -0.4 is 5.32 Å². The van der Waals surface area contributed by atoms with Gasteiger partial charge in [-0.15, -0.1) is 11.3 Å². The SMILES string of the molecule is Fc1cccc(-c2nc3c(s2)CNCC3)c1. The number of hydrogen-bond acceptors (Lipinski definition) is 3. The van der Waals surface area contributed by atoms with Crippen LogP contribution in [0.1, 0.15) is 10.6 Å². The summed E-state index contributed by atoms with van der Waals surface area (Å²) in [6, 6.07) is 6.63. The zero-order valence-electron chi connectivity index (χ0n) is 8.66. The maximum absolute atomic E-state index is 13.1. The number of halogens is 1. The van der Waals surface area contributed by atoms with Crippen LogP contribution in [0.5, 0.6) is 0 Å². The predicted octanol–water partition coefficient (Wildman–Crippen LogP) is 2.59. The molecule has 1 aromatic heterocycles. The van der Waals surface area contributed by atoms with Gasteiger partial charge in [0.1, 0.15) is 10.8 Å². The zero-order chi connectivity index (χ0) is 11.0. The molecule has 0 saturated heterocycles. The van der Waals surface area contributed by atoms with Gasteiger partial charge in [0.05, 0.1) is 5.69 Å². The molecule has 1 N–H and O–H groups in total. The molecule has 4 heteroatoms. The molecule has 0 fully saturated rings. The molecule has 0 spiro atoms. The summed E-state index contributed by atoms with van der Waals surface area (Å²) in [5, 5.41) is 4.24. The molecule has 0 bridgehead atoms. The van der Waals surface area contributed by atoms with E-state index in [9.17, 15) is 4.39 Å². The van der Waals surface area contributed by atoms with Gasteiger partial charge < -0.3 is 5.32 Å². The lowest BCUT2D eigenvalue weighted by Crippen LogP contribution is -2.22. The van der Waals surface area contributed by atoms with Gasteiger partial charge in [-0.3, -0.25) is 0 Å². The summed E-state index contributed by atoms with van der Waals surface area (Å²) in [4.78, 5) is 5.86. The van der Waals surface area contributed by atoms with E-state index in [4.69, 9.17) is 0 Å². The van der Waals surface area contributed by atoms with Gasteiger partial charge >= 0.3 is 0 Å². The number of benzene rings is 1. The average Bonchev–Trinajstić information content (AvgIpc) is 2.72. The van der Waals surface area contributed by atoms with E-state index in [0.29, 0.717) is 0 Å². The molecule has 0 unspecified atom stereocenters. The number of aromatic nitrogens is 1. The fourth-order valence-electron chi connectivity index (χ4n) is 1.87. The van der Waals surface area contributed by atoms with Gasteiger partial charge in [0.15, 0.2) is 0 Å². The van der Waals surface area contributed by atoms with E-state index in [-0.39, 0.29) is 5.82 Å². The van der Waals surface area contributed by atoms with Gasteiger partial charge in [-0.05, 0) is 12.1 Å². The van der Waals surface area contributed by atoms with Crippen LogP contribution in [0, 0.1) is 5.82 Å². The molecule has 0 aliphatic carbocycles. The minimum atomic E-state index is -0.205. The molecule has 16 heavy (non-hydrogen) atoms. The van der Waals surface area contributed by atoms with E-state index in [1.54, 1.807) is 17.4 Å². The number of nitrogens with zero attached hydrogens (tertiary/aromatic N) is 1. The molecule has 2 aromatic rings. The molecule has 1 aliphatic heterocycles. The van der Waals surface area contributed by atoms with Crippen molar-refractivity contribution in [1.29, 1.82) is 0 Å². The highest BCUT2D eigenvalue weighted by Crippen LogP contribution is 2.29. The lowest BCUT2D eigenvalue weighted by Gasteiger charge is -2.09. The van der Waals surface area contributed by atoms with E-state index in [2.05, 4.69) is 10.3 Å². The van der Waals surface area contributed by atoms with Gasteiger partial charge in [-0.1, -0.05) is 12.1 Å². The maximum atomic E-state index is 13.1. The third kappa shape index (κ3) is 1.74. The Morgan fingerprint density at radius 2 is 2.31 bits per heavy atom. The molecule has 0 amide bonds. The van der Waals surface area contributed by atoms with Gasteiger partial charge in [0.2, 0.25) is 0 Å². The van der Waals surface area contributed by atoms with Crippen LogP contribution >= 0.6 is 11.3 Å². The molecule has 2 heterocycles. The summed E-state index contributed by atoms with van der Waals surface area (Å²) in [6.45, 7) is 1.88. The summed E-state index contributed by atoms with van der Waals surface area (Å²) < 4.78 is 13.1. The number of nitrogens with one attached hydrogen (secondary N) is 1. The Hall–Kier alpha value is -1.26. The summed E-state index contributed by atoms with van der Waals surface area (Å²) in [5.74, 6) is -0.205. The Morgan fingerprint density at radius 3 is 3.12 bits per heavy atom. The van der Waals surface area contributed by atoms with Crippen LogP contribution in [0.4, 0.5) is 4.39 Å². The molecule has 0 radical (unpaired) electrons. The molecule has 2 nitrogen and oxygen atoms in total. The van der Waals surface area contributed by atoms with Gasteiger partial charge in [0, 0.05) is 30.0 Å². The van der Waals surface area contributed by atoms with Crippen LogP contribution in [-0.2, 0) is 13.0 Å². The fraction of sp³-hybridized carbons (Fsp3) is 0.250. The van der Waals surface area contributed by atoms with Gasteiger partial charge in [-0.25, -0.2) is 9.37 Å². The Morgan fingerprint density at radius 1 is 1.38 bits per heavy atom. The highest BCUT2D eigenvalue weighted by Gasteiger charge is 2.15. The summed E-state index contributed by atoms with van der Waals surface area (Å²) >= 11 is 1.66. The van der Waals surface area contributed by atoms with E-state index in [1.165, 1.54) is 22.7 Å². The number of fused-ring (bicyclic) bond motifs is 1. The van der Waals surface area contributed by atoms with E-state index in [1.807, 2.05) is 6.07 Å². The third-order valence-corrected chi connectivity index (χ3v) is 3.82. The summed E-state index contributed by atoms with van der Waals surface area (Å²) in [6.07, 6.45) is 0.973. The van der Waals surface area contributed by atoms with Crippen molar-refractivity contribution in [1.82, 2.24) is 10.3 Å². The summed E-state index contributed by atoms with van der Waals surface area (Å²) in [5.41, 5.74) is 2.04. The Labute approximate surface area is 97.2 Å². The number of rotatable bonds is 1. The quantitative estimate of drug-likeness (QED) is 0.820. The molecule has 0 saturated carbocycles. The Balaban J connectivity index is 2.03. The van der Waals surface area contributed by atoms with Crippen LogP contribution in [0.25, 0.3) is 10.6 Å². The molecular formula is C12H11FN2S. The monoisotopic (exact) mass is 234 g/mol. The largest absolute Gasteiger partial charge is 0.311 e. The van der Waals surface area contributed by atoms with Crippen molar-refractivity contribution in [3.05, 3.63) is 40.7 Å². The molecule has 3 rings (SSSR count). The second-order valence-corrected chi connectivity index (χ2v) is 4.91. The van der Waals surface area contributed by atoms with E-state index < -0.39 is 0 Å². The first-order valence-electron chi connectivity index (χ1n) is 5.28. The minimum absolute atomic E-state index is 0.205. The predicted molar refractivity (Wildman–Crippen MR) is 62.9 cm³/mol. The molecule has 1 aliphatic rings. The van der Waals surface area contributed by atoms with Crippen molar-refractivity contribution in [2.24, 2.45) is 0 Å². The van der Waals surface area contributed by atoms with Crippen molar-refractivity contribution in [2.45, 2.75) is 13.0 Å². The van der Waals surface area contributed by atoms with Crippen molar-refractivity contribution in [3.63, 3.8) is 0 Å². The van der Waals surface area contributed by atoms with Crippen molar-refractivity contribution in [2.75, 3.05) is 6.54 Å². The van der Waals surface area contributed by atoms with Crippen LogP contribution in [-0.4, -0.2) is 11.5 Å². The maximum Gasteiger partial charge on any atom is 0.124 e. The average molecular weight is 234 g/mol. The molecular weight excluding hydrogens is 223 g/mol. The second-order valence-electron chi connectivity index (χ2n) is 3.83. The lowest BCUT2D eigenvalue weighted by molar-refractivity contribution is 0.628. The zero-order valence-corrected chi connectivity index (χ0v) is 9.48. The van der Waals surface area contributed by atoms with Crippen molar-refractivity contribution >= 4 is 11.3 Å². The molecule has 0 atom stereocenters. The van der Waals surface area contributed by atoms with Gasteiger partial charge in [-0.2, -0.15) is 0 Å². The first-order valence-corrected chi connectivity index (χ1v) is 6.10. The van der Waals surface area contributed by atoms with Crippen molar-refractivity contribution < 1.29 is 4.39 Å². The van der Waals surface area contributed by atoms with Crippen LogP contribution in [0.2, 0.25) is 0 Å². The third-order valence-electron chi connectivity index (χ3n) is 2.67. The van der Waals surface area contributed by atoms with Crippen molar-refractivity contribution in [3.8, 4) is 10.6 Å². The standard InChI is InChI=1S/C12H11FN2S/c13-9-3-1-2-8(6-9)12-15-10-4-5-14-7-11(10)16-12/h1-3,6,14H,4-5,7H2. The fourth-order valence-corrected chi connectivity index (χ4v) is 2.94. The highest BCUT2D eigenvalue weighted by molar-refractivity contribution is 7.15.